The number of rotatable bonds is 5. The molecule has 0 fully saturated rings. The summed E-state index contributed by atoms with van der Waals surface area (Å²) in [5.41, 5.74) is 2.03. The number of hydrogen-bond acceptors (Lipinski definition) is 6. The van der Waals surface area contributed by atoms with Crippen LogP contribution in [0.4, 0.5) is 5.69 Å². The lowest BCUT2D eigenvalue weighted by Gasteiger charge is -2.01. The van der Waals surface area contributed by atoms with E-state index < -0.39 is 10.7 Å². The molecule has 1 N–H and O–H groups in total. The Morgan fingerprint density at radius 3 is 2.29 bits per heavy atom. The first-order chi connectivity index (χ1) is 11.6. The Hall–Kier alpha value is -3.26. The first-order valence-corrected chi connectivity index (χ1v) is 7.08. The van der Waals surface area contributed by atoms with Crippen molar-refractivity contribution in [3.8, 4) is 11.5 Å². The predicted octanol–water partition coefficient (Wildman–Crippen LogP) is 1.95. The molecule has 8 nitrogen and oxygen atoms in total. The Morgan fingerprint density at radius 2 is 1.71 bits per heavy atom. The summed E-state index contributed by atoms with van der Waals surface area (Å²) in [6, 6.07) is 12.7. The topological polar surface area (TPSA) is 111 Å². The van der Waals surface area contributed by atoms with E-state index in [1.807, 2.05) is 0 Å². The van der Waals surface area contributed by atoms with Crippen LogP contribution in [0.3, 0.4) is 0 Å². The molecule has 3 rings (SSSR count). The fraction of sp³-hybridized carbons (Fsp3) is 0.125. The van der Waals surface area contributed by atoms with Crippen molar-refractivity contribution in [2.75, 3.05) is 0 Å². The molecule has 2 aromatic carbocycles. The van der Waals surface area contributed by atoms with Crippen LogP contribution in [0.15, 0.2) is 57.7 Å². The van der Waals surface area contributed by atoms with Gasteiger partial charge in [-0.25, -0.2) is 4.79 Å². The Balaban J connectivity index is 1.84. The molecule has 1 heterocycles. The molecule has 0 atom stereocenters. The third kappa shape index (κ3) is 3.23. The van der Waals surface area contributed by atoms with Gasteiger partial charge in [0.2, 0.25) is 5.89 Å². The Morgan fingerprint density at radius 1 is 1.08 bits per heavy atom. The van der Waals surface area contributed by atoms with Gasteiger partial charge in [-0.15, -0.1) is 5.10 Å². The highest BCUT2D eigenvalue weighted by molar-refractivity contribution is 5.55. The van der Waals surface area contributed by atoms with E-state index in [1.54, 1.807) is 24.3 Å². The third-order valence-corrected chi connectivity index (χ3v) is 3.47. The molecule has 3 aromatic rings. The molecule has 122 valence electrons. The van der Waals surface area contributed by atoms with Crippen LogP contribution in [-0.2, 0) is 13.2 Å². The van der Waals surface area contributed by atoms with Gasteiger partial charge in [0, 0.05) is 17.7 Å². The molecule has 8 heteroatoms. The summed E-state index contributed by atoms with van der Waals surface area (Å²) >= 11 is 0. The molecule has 0 spiro atoms. The van der Waals surface area contributed by atoms with E-state index in [4.69, 9.17) is 9.52 Å². The number of nitro benzene ring substituents is 1. The van der Waals surface area contributed by atoms with Gasteiger partial charge >= 0.3 is 5.76 Å². The molecule has 0 saturated heterocycles. The van der Waals surface area contributed by atoms with Gasteiger partial charge in [-0.05, 0) is 23.3 Å². The van der Waals surface area contributed by atoms with E-state index in [0.717, 1.165) is 11.1 Å². The largest absolute Gasteiger partial charge is 0.437 e. The third-order valence-electron chi connectivity index (χ3n) is 3.47. The number of non-ortho nitro benzene ring substituents is 1. The van der Waals surface area contributed by atoms with Crippen molar-refractivity contribution in [3.05, 3.63) is 80.3 Å². The number of aliphatic hydroxyl groups excluding tert-OH is 1. The maximum atomic E-state index is 11.9. The van der Waals surface area contributed by atoms with E-state index in [-0.39, 0.29) is 24.7 Å². The van der Waals surface area contributed by atoms with Crippen molar-refractivity contribution < 1.29 is 14.4 Å². The Labute approximate surface area is 135 Å². The Bertz CT molecular complexity index is 910. The van der Waals surface area contributed by atoms with Crippen molar-refractivity contribution in [1.29, 1.82) is 0 Å². The maximum absolute atomic E-state index is 11.9. The van der Waals surface area contributed by atoms with Gasteiger partial charge in [0.1, 0.15) is 0 Å². The van der Waals surface area contributed by atoms with Gasteiger partial charge in [-0.3, -0.25) is 10.1 Å². The second-order valence-corrected chi connectivity index (χ2v) is 5.11. The number of aromatic nitrogens is 2. The average Bonchev–Trinajstić information content (AvgIpc) is 2.96. The van der Waals surface area contributed by atoms with Crippen LogP contribution in [0, 0.1) is 10.1 Å². The second-order valence-electron chi connectivity index (χ2n) is 5.11. The molecular weight excluding hydrogens is 314 g/mol. The first kappa shape index (κ1) is 15.6. The molecule has 0 aliphatic heterocycles. The maximum Gasteiger partial charge on any atom is 0.437 e. The minimum Gasteiger partial charge on any atom is -0.392 e. The van der Waals surface area contributed by atoms with E-state index in [0.29, 0.717) is 5.56 Å². The fourth-order valence-electron chi connectivity index (χ4n) is 2.17. The molecule has 0 aliphatic carbocycles. The van der Waals surface area contributed by atoms with E-state index in [9.17, 15) is 14.9 Å². The highest BCUT2D eigenvalue weighted by atomic mass is 16.6. The molecule has 0 amide bonds. The predicted molar refractivity (Wildman–Crippen MR) is 84.3 cm³/mol. The molecular formula is C16H13N3O5. The highest BCUT2D eigenvalue weighted by Crippen LogP contribution is 2.19. The zero-order chi connectivity index (χ0) is 17.1. The monoisotopic (exact) mass is 327 g/mol. The normalized spacial score (nSPS) is 10.7. The summed E-state index contributed by atoms with van der Waals surface area (Å²) in [6.07, 6.45) is 0. The van der Waals surface area contributed by atoms with Gasteiger partial charge in [0.05, 0.1) is 18.1 Å². The molecule has 0 saturated carbocycles. The highest BCUT2D eigenvalue weighted by Gasteiger charge is 2.12. The summed E-state index contributed by atoms with van der Waals surface area (Å²) in [5.74, 6) is -0.517. The smallest absolute Gasteiger partial charge is 0.392 e. The molecule has 1 aromatic heterocycles. The van der Waals surface area contributed by atoms with Crippen LogP contribution in [-0.4, -0.2) is 19.8 Å². The number of nitro groups is 1. The van der Waals surface area contributed by atoms with Crippen molar-refractivity contribution in [1.82, 2.24) is 9.78 Å². The summed E-state index contributed by atoms with van der Waals surface area (Å²) in [6.45, 7) is 0.176. The van der Waals surface area contributed by atoms with Gasteiger partial charge in [-0.2, -0.15) is 4.68 Å². The number of benzene rings is 2. The lowest BCUT2D eigenvalue weighted by atomic mass is 10.1. The standard InChI is InChI=1S/C16H13N3O5/c20-10-12-3-1-11(2-4-12)9-18-16(21)24-15(17-18)13-5-7-14(8-6-13)19(22)23/h1-8,20H,9-10H2. The zero-order valence-electron chi connectivity index (χ0n) is 12.5. The molecule has 24 heavy (non-hydrogen) atoms. The van der Waals surface area contributed by atoms with E-state index >= 15 is 0 Å². The van der Waals surface area contributed by atoms with Crippen molar-refractivity contribution in [2.45, 2.75) is 13.2 Å². The van der Waals surface area contributed by atoms with Crippen LogP contribution in [0.2, 0.25) is 0 Å². The number of nitrogens with zero attached hydrogens (tertiary/aromatic N) is 3. The number of hydrogen-bond donors (Lipinski definition) is 1. The molecule has 0 unspecified atom stereocenters. The minimum atomic E-state index is -0.616. The van der Waals surface area contributed by atoms with Crippen LogP contribution in [0.25, 0.3) is 11.5 Å². The van der Waals surface area contributed by atoms with Crippen LogP contribution in [0.1, 0.15) is 11.1 Å². The minimum absolute atomic E-state index is 0.0471. The lowest BCUT2D eigenvalue weighted by Crippen LogP contribution is -2.16. The SMILES string of the molecule is O=c1oc(-c2ccc([N+](=O)[O-])cc2)nn1Cc1ccc(CO)cc1. The average molecular weight is 327 g/mol. The van der Waals surface area contributed by atoms with Crippen LogP contribution < -0.4 is 5.76 Å². The number of aliphatic hydroxyl groups is 1. The van der Waals surface area contributed by atoms with Crippen molar-refractivity contribution in [3.63, 3.8) is 0 Å². The molecule has 0 aliphatic rings. The molecule has 0 bridgehead atoms. The van der Waals surface area contributed by atoms with E-state index in [2.05, 4.69) is 5.10 Å². The second kappa shape index (κ2) is 6.47. The lowest BCUT2D eigenvalue weighted by molar-refractivity contribution is -0.384. The first-order valence-electron chi connectivity index (χ1n) is 7.08. The van der Waals surface area contributed by atoms with Gasteiger partial charge in [0.25, 0.3) is 5.69 Å². The quantitative estimate of drug-likeness (QED) is 0.566. The van der Waals surface area contributed by atoms with Crippen molar-refractivity contribution in [2.24, 2.45) is 0 Å². The Kier molecular flexibility index (Phi) is 4.21. The van der Waals surface area contributed by atoms with Crippen molar-refractivity contribution >= 4 is 5.69 Å². The summed E-state index contributed by atoms with van der Waals surface area (Å²) in [5, 5.41) is 23.8. The molecule has 0 radical (unpaired) electrons. The summed E-state index contributed by atoms with van der Waals surface area (Å²) in [7, 11) is 0. The summed E-state index contributed by atoms with van der Waals surface area (Å²) < 4.78 is 6.28. The summed E-state index contributed by atoms with van der Waals surface area (Å²) in [4.78, 5) is 22.0. The zero-order valence-corrected chi connectivity index (χ0v) is 12.5. The van der Waals surface area contributed by atoms with Crippen LogP contribution in [0.5, 0.6) is 0 Å². The van der Waals surface area contributed by atoms with E-state index in [1.165, 1.54) is 28.9 Å². The van der Waals surface area contributed by atoms with Gasteiger partial charge < -0.3 is 9.52 Å². The van der Waals surface area contributed by atoms with Gasteiger partial charge in [-0.1, -0.05) is 24.3 Å². The van der Waals surface area contributed by atoms with Crippen LogP contribution >= 0.6 is 0 Å². The van der Waals surface area contributed by atoms with Gasteiger partial charge in [0.15, 0.2) is 0 Å². The fourth-order valence-corrected chi connectivity index (χ4v) is 2.17.